The molecule has 0 heterocycles. The van der Waals surface area contributed by atoms with Crippen LogP contribution in [-0.4, -0.2) is 55.6 Å². The maximum atomic E-state index is 13.4. The molecule has 2 aromatic carbocycles. The zero-order chi connectivity index (χ0) is 24.6. The van der Waals surface area contributed by atoms with Crippen LogP contribution in [0, 0.1) is 6.92 Å². The molecule has 0 aliphatic carbocycles. The molecule has 2 aromatic rings. The molecule has 2 rings (SSSR count). The molecule has 0 spiro atoms. The Hall–Kier alpha value is -2.42. The minimum atomic E-state index is -3.90. The number of halogens is 1. The summed E-state index contributed by atoms with van der Waals surface area (Å²) in [5, 5.41) is 3.27. The van der Waals surface area contributed by atoms with Gasteiger partial charge in [-0.15, -0.1) is 0 Å². The van der Waals surface area contributed by atoms with Gasteiger partial charge in [-0.05, 0) is 49.6 Å². The molecule has 0 radical (unpaired) electrons. The van der Waals surface area contributed by atoms with Gasteiger partial charge in [0.1, 0.15) is 6.04 Å². The lowest BCUT2D eigenvalue weighted by Gasteiger charge is -2.32. The highest BCUT2D eigenvalue weighted by molar-refractivity contribution is 7.89. The van der Waals surface area contributed by atoms with E-state index in [9.17, 15) is 18.0 Å². The van der Waals surface area contributed by atoms with Crippen molar-refractivity contribution >= 4 is 33.4 Å². The fraction of sp³-hybridized carbons (Fsp3) is 0.417. The van der Waals surface area contributed by atoms with Crippen molar-refractivity contribution in [1.82, 2.24) is 14.5 Å². The molecule has 0 bridgehead atoms. The Morgan fingerprint density at radius 3 is 2.18 bits per heavy atom. The number of sulfonamides is 1. The van der Waals surface area contributed by atoms with E-state index in [1.165, 1.54) is 36.2 Å². The Morgan fingerprint density at radius 2 is 1.64 bits per heavy atom. The SMILES string of the molecule is CCCNC(=O)[C@@H](CC)N(Cc1ccc(C)cc1)C(=O)CN(C)S(=O)(=O)c1ccc(Cl)cc1. The minimum Gasteiger partial charge on any atom is -0.354 e. The number of hydrogen-bond donors (Lipinski definition) is 1. The van der Waals surface area contributed by atoms with Gasteiger partial charge in [0.05, 0.1) is 11.4 Å². The number of benzene rings is 2. The van der Waals surface area contributed by atoms with Crippen LogP contribution in [0.5, 0.6) is 0 Å². The number of aryl methyl sites for hydroxylation is 1. The van der Waals surface area contributed by atoms with Crippen LogP contribution in [0.25, 0.3) is 0 Å². The molecule has 0 fully saturated rings. The van der Waals surface area contributed by atoms with Crippen molar-refractivity contribution in [2.24, 2.45) is 0 Å². The van der Waals surface area contributed by atoms with Crippen LogP contribution in [0.4, 0.5) is 0 Å². The molecule has 7 nitrogen and oxygen atoms in total. The third kappa shape index (κ3) is 7.28. The van der Waals surface area contributed by atoms with Gasteiger partial charge < -0.3 is 10.2 Å². The number of nitrogens with one attached hydrogen (secondary N) is 1. The average Bonchev–Trinajstić information content (AvgIpc) is 2.78. The summed E-state index contributed by atoms with van der Waals surface area (Å²) in [5.41, 5.74) is 1.94. The summed E-state index contributed by atoms with van der Waals surface area (Å²) in [5.74, 6) is -0.697. The average molecular weight is 494 g/mol. The quantitative estimate of drug-likeness (QED) is 0.518. The van der Waals surface area contributed by atoms with Crippen LogP contribution in [-0.2, 0) is 26.2 Å². The monoisotopic (exact) mass is 493 g/mol. The first kappa shape index (κ1) is 26.8. The highest BCUT2D eigenvalue weighted by atomic mass is 35.5. The fourth-order valence-electron chi connectivity index (χ4n) is 3.33. The van der Waals surface area contributed by atoms with Gasteiger partial charge in [-0.2, -0.15) is 4.31 Å². The predicted molar refractivity (Wildman–Crippen MR) is 130 cm³/mol. The Morgan fingerprint density at radius 1 is 1.03 bits per heavy atom. The van der Waals surface area contributed by atoms with Crippen molar-refractivity contribution in [1.29, 1.82) is 0 Å². The van der Waals surface area contributed by atoms with Gasteiger partial charge in [-0.1, -0.05) is 55.3 Å². The van der Waals surface area contributed by atoms with Gasteiger partial charge in [-0.3, -0.25) is 9.59 Å². The molecule has 0 saturated heterocycles. The number of carbonyl (C=O) groups is 2. The van der Waals surface area contributed by atoms with E-state index in [0.717, 1.165) is 21.9 Å². The van der Waals surface area contributed by atoms with Gasteiger partial charge in [-0.25, -0.2) is 8.42 Å². The zero-order valence-corrected chi connectivity index (χ0v) is 21.1. The second-order valence-corrected chi connectivity index (χ2v) is 10.4. The highest BCUT2D eigenvalue weighted by Gasteiger charge is 2.31. The maximum Gasteiger partial charge on any atom is 0.243 e. The molecule has 180 valence electrons. The van der Waals surface area contributed by atoms with Crippen LogP contribution in [0.15, 0.2) is 53.4 Å². The largest absolute Gasteiger partial charge is 0.354 e. The molecule has 1 N–H and O–H groups in total. The fourth-order valence-corrected chi connectivity index (χ4v) is 4.57. The van der Waals surface area contributed by atoms with Gasteiger partial charge in [0.2, 0.25) is 21.8 Å². The zero-order valence-electron chi connectivity index (χ0n) is 19.5. The topological polar surface area (TPSA) is 86.8 Å². The second kappa shape index (κ2) is 12.2. The smallest absolute Gasteiger partial charge is 0.243 e. The standard InChI is InChI=1S/C24H32ClN3O4S/c1-5-15-26-24(30)22(6-2)28(16-19-9-7-18(3)8-10-19)23(29)17-27(4)33(31,32)21-13-11-20(25)12-14-21/h7-14,22H,5-6,15-17H2,1-4H3,(H,26,30)/t22-/m1/s1. The lowest BCUT2D eigenvalue weighted by Crippen LogP contribution is -2.51. The van der Waals surface area contributed by atoms with Crippen LogP contribution < -0.4 is 5.32 Å². The molecule has 0 aliphatic rings. The Kier molecular flexibility index (Phi) is 9.88. The number of hydrogen-bond acceptors (Lipinski definition) is 4. The van der Waals surface area contributed by atoms with Crippen molar-refractivity contribution in [3.05, 3.63) is 64.7 Å². The van der Waals surface area contributed by atoms with Gasteiger partial charge in [0.15, 0.2) is 0 Å². The summed E-state index contributed by atoms with van der Waals surface area (Å²) in [6, 6.07) is 12.7. The molecule has 1 atom stereocenters. The second-order valence-electron chi connectivity index (χ2n) is 7.94. The first-order valence-corrected chi connectivity index (χ1v) is 12.8. The van der Waals surface area contributed by atoms with Crippen LogP contribution in [0.1, 0.15) is 37.8 Å². The Labute approximate surface area is 201 Å². The number of rotatable bonds is 11. The molecular weight excluding hydrogens is 462 g/mol. The van der Waals surface area contributed by atoms with Crippen LogP contribution >= 0.6 is 11.6 Å². The molecule has 0 aromatic heterocycles. The first-order valence-electron chi connectivity index (χ1n) is 10.9. The first-order chi connectivity index (χ1) is 15.6. The number of amides is 2. The van der Waals surface area contributed by atoms with Gasteiger partial charge in [0.25, 0.3) is 0 Å². The van der Waals surface area contributed by atoms with E-state index in [-0.39, 0.29) is 17.3 Å². The number of nitrogens with zero attached hydrogens (tertiary/aromatic N) is 2. The molecule has 2 amide bonds. The molecule has 33 heavy (non-hydrogen) atoms. The highest BCUT2D eigenvalue weighted by Crippen LogP contribution is 2.19. The molecule has 9 heteroatoms. The van der Waals surface area contributed by atoms with Crippen molar-refractivity contribution in [2.75, 3.05) is 20.1 Å². The molecule has 0 unspecified atom stereocenters. The lowest BCUT2D eigenvalue weighted by atomic mass is 10.1. The Balaban J connectivity index is 2.29. The van der Waals surface area contributed by atoms with E-state index in [4.69, 9.17) is 11.6 Å². The van der Waals surface area contributed by atoms with Crippen LogP contribution in [0.2, 0.25) is 5.02 Å². The molecule has 0 saturated carbocycles. The van der Waals surface area contributed by atoms with Crippen LogP contribution in [0.3, 0.4) is 0 Å². The van der Waals surface area contributed by atoms with Crippen molar-refractivity contribution in [3.8, 4) is 0 Å². The van der Waals surface area contributed by atoms with E-state index in [1.807, 2.05) is 45.0 Å². The summed E-state index contributed by atoms with van der Waals surface area (Å²) in [7, 11) is -2.55. The van der Waals surface area contributed by atoms with E-state index in [1.54, 1.807) is 0 Å². The third-order valence-electron chi connectivity index (χ3n) is 5.29. The van der Waals surface area contributed by atoms with Crippen molar-refractivity contribution in [3.63, 3.8) is 0 Å². The van der Waals surface area contributed by atoms with E-state index < -0.39 is 28.5 Å². The minimum absolute atomic E-state index is 0.0417. The molecule has 0 aliphatic heterocycles. The number of likely N-dealkylation sites (N-methyl/N-ethyl adjacent to an activating group) is 1. The molecular formula is C24H32ClN3O4S. The van der Waals surface area contributed by atoms with E-state index in [0.29, 0.717) is 18.0 Å². The van der Waals surface area contributed by atoms with E-state index >= 15 is 0 Å². The number of carbonyl (C=O) groups excluding carboxylic acids is 2. The predicted octanol–water partition coefficient (Wildman–Crippen LogP) is 3.60. The summed E-state index contributed by atoms with van der Waals surface area (Å²) in [4.78, 5) is 27.7. The van der Waals surface area contributed by atoms with Gasteiger partial charge in [0, 0.05) is 25.2 Å². The lowest BCUT2D eigenvalue weighted by molar-refractivity contribution is -0.141. The summed E-state index contributed by atoms with van der Waals surface area (Å²) in [6.45, 7) is 6.07. The Bertz CT molecular complexity index is 1040. The maximum absolute atomic E-state index is 13.4. The summed E-state index contributed by atoms with van der Waals surface area (Å²) < 4.78 is 26.9. The third-order valence-corrected chi connectivity index (χ3v) is 7.36. The normalized spacial score (nSPS) is 12.4. The summed E-state index contributed by atoms with van der Waals surface area (Å²) in [6.07, 6.45) is 1.18. The van der Waals surface area contributed by atoms with Crippen molar-refractivity contribution in [2.45, 2.75) is 51.1 Å². The van der Waals surface area contributed by atoms with Gasteiger partial charge >= 0.3 is 0 Å². The summed E-state index contributed by atoms with van der Waals surface area (Å²) >= 11 is 5.86. The van der Waals surface area contributed by atoms with E-state index in [2.05, 4.69) is 5.32 Å². The van der Waals surface area contributed by atoms with Crippen molar-refractivity contribution < 1.29 is 18.0 Å².